The van der Waals surface area contributed by atoms with Crippen molar-refractivity contribution in [2.45, 2.75) is 31.7 Å². The van der Waals surface area contributed by atoms with Crippen molar-refractivity contribution in [1.29, 1.82) is 0 Å². The molecule has 0 heterocycles. The number of hydrogen-bond donors (Lipinski definition) is 2. The molecule has 0 bridgehead atoms. The quantitative estimate of drug-likeness (QED) is 0.766. The summed E-state index contributed by atoms with van der Waals surface area (Å²) in [6, 6.07) is 4.29. The number of anilines is 1. The van der Waals surface area contributed by atoms with Gasteiger partial charge < -0.3 is 11.5 Å². The molecule has 19 heavy (non-hydrogen) atoms. The van der Waals surface area contributed by atoms with Crippen LogP contribution in [0.5, 0.6) is 0 Å². The van der Waals surface area contributed by atoms with Gasteiger partial charge in [-0.1, -0.05) is 6.07 Å². The fraction of sp³-hybridized carbons (Fsp3) is 0.417. The summed E-state index contributed by atoms with van der Waals surface area (Å²) < 4.78 is 26.2. The van der Waals surface area contributed by atoms with E-state index in [1.165, 1.54) is 6.07 Å². The fourth-order valence-corrected chi connectivity index (χ4v) is 3.60. The maximum absolute atomic E-state index is 12.5. The van der Waals surface area contributed by atoms with Gasteiger partial charge in [0.2, 0.25) is 15.9 Å². The number of carbonyl (C=O) groups is 1. The second-order valence-electron chi connectivity index (χ2n) is 4.58. The Hall–Kier alpha value is -1.60. The number of benzene rings is 1. The van der Waals surface area contributed by atoms with Crippen LogP contribution >= 0.6 is 0 Å². The van der Waals surface area contributed by atoms with Crippen molar-refractivity contribution in [3.05, 3.63) is 23.8 Å². The van der Waals surface area contributed by atoms with Crippen LogP contribution in [0.1, 0.15) is 19.4 Å². The van der Waals surface area contributed by atoms with Crippen molar-refractivity contribution in [3.63, 3.8) is 0 Å². The number of sulfonamides is 1. The van der Waals surface area contributed by atoms with Crippen molar-refractivity contribution in [2.24, 2.45) is 5.73 Å². The smallest absolute Gasteiger partial charge is 0.244 e. The third-order valence-corrected chi connectivity index (χ3v) is 4.97. The van der Waals surface area contributed by atoms with Gasteiger partial charge >= 0.3 is 0 Å². The van der Waals surface area contributed by atoms with Gasteiger partial charge in [-0.05, 0) is 38.5 Å². The Balaban J connectivity index is 3.35. The third kappa shape index (κ3) is 3.24. The summed E-state index contributed by atoms with van der Waals surface area (Å²) in [6.07, 6.45) is 0. The van der Waals surface area contributed by atoms with Crippen LogP contribution in [0.15, 0.2) is 23.1 Å². The summed E-state index contributed by atoms with van der Waals surface area (Å²) >= 11 is 0. The van der Waals surface area contributed by atoms with E-state index in [2.05, 4.69) is 0 Å². The molecule has 1 aromatic rings. The summed E-state index contributed by atoms with van der Waals surface area (Å²) in [4.78, 5) is 11.1. The van der Waals surface area contributed by atoms with Crippen LogP contribution in [0.4, 0.5) is 5.69 Å². The first kappa shape index (κ1) is 15.5. The molecule has 1 aromatic carbocycles. The lowest BCUT2D eigenvalue weighted by atomic mass is 10.2. The number of nitrogens with zero attached hydrogens (tertiary/aromatic N) is 1. The topological polar surface area (TPSA) is 106 Å². The summed E-state index contributed by atoms with van der Waals surface area (Å²) in [7, 11) is -3.80. The number of rotatable bonds is 5. The minimum atomic E-state index is -3.80. The Bertz CT molecular complexity index is 582. The second-order valence-corrected chi connectivity index (χ2v) is 6.44. The molecular weight excluding hydrogens is 266 g/mol. The first-order chi connectivity index (χ1) is 8.67. The van der Waals surface area contributed by atoms with E-state index in [9.17, 15) is 13.2 Å². The van der Waals surface area contributed by atoms with Crippen molar-refractivity contribution in [1.82, 2.24) is 4.31 Å². The van der Waals surface area contributed by atoms with Gasteiger partial charge in [-0.3, -0.25) is 4.79 Å². The van der Waals surface area contributed by atoms with E-state index in [-0.39, 0.29) is 17.5 Å². The van der Waals surface area contributed by atoms with Gasteiger partial charge in [-0.25, -0.2) is 8.42 Å². The number of amides is 1. The lowest BCUT2D eigenvalue weighted by Crippen LogP contribution is -2.42. The normalized spacial score (nSPS) is 12.1. The largest absolute Gasteiger partial charge is 0.398 e. The number of nitrogens with two attached hydrogens (primary N) is 2. The number of primary amides is 1. The Morgan fingerprint density at radius 3 is 2.42 bits per heavy atom. The number of nitrogen functional groups attached to an aromatic ring is 1. The van der Waals surface area contributed by atoms with Crippen LogP contribution in [0.25, 0.3) is 0 Å². The van der Waals surface area contributed by atoms with Gasteiger partial charge in [0.1, 0.15) is 0 Å². The van der Waals surface area contributed by atoms with Gasteiger partial charge in [0, 0.05) is 11.7 Å². The molecule has 1 rings (SSSR count). The van der Waals surface area contributed by atoms with Gasteiger partial charge in [-0.15, -0.1) is 0 Å². The number of carbonyl (C=O) groups excluding carboxylic acids is 1. The molecule has 6 nitrogen and oxygen atoms in total. The van der Waals surface area contributed by atoms with Crippen molar-refractivity contribution < 1.29 is 13.2 Å². The zero-order valence-corrected chi connectivity index (χ0v) is 12.1. The minimum absolute atomic E-state index is 0.0995. The van der Waals surface area contributed by atoms with E-state index in [1.54, 1.807) is 32.9 Å². The molecule has 0 saturated heterocycles. The predicted molar refractivity (Wildman–Crippen MR) is 73.8 cm³/mol. The molecule has 0 saturated carbocycles. The summed E-state index contributed by atoms with van der Waals surface area (Å²) in [5, 5.41) is 0. The first-order valence-corrected chi connectivity index (χ1v) is 7.27. The van der Waals surface area contributed by atoms with E-state index in [0.29, 0.717) is 11.3 Å². The lowest BCUT2D eigenvalue weighted by molar-refractivity contribution is -0.118. The van der Waals surface area contributed by atoms with E-state index in [4.69, 9.17) is 11.5 Å². The van der Waals surface area contributed by atoms with Gasteiger partial charge in [0.25, 0.3) is 0 Å². The average Bonchev–Trinajstić information content (AvgIpc) is 2.28. The summed E-state index contributed by atoms with van der Waals surface area (Å²) in [6.45, 7) is 4.64. The SMILES string of the molecule is Cc1c(N)cccc1S(=O)(=O)N(CC(N)=O)C(C)C. The third-order valence-electron chi connectivity index (χ3n) is 2.80. The van der Waals surface area contributed by atoms with Crippen LogP contribution in [-0.2, 0) is 14.8 Å². The fourth-order valence-electron chi connectivity index (χ4n) is 1.74. The molecule has 106 valence electrons. The molecule has 0 aliphatic heterocycles. The summed E-state index contributed by atoms with van der Waals surface area (Å²) in [5.41, 5.74) is 11.7. The van der Waals surface area contributed by atoms with Crippen molar-refractivity contribution in [2.75, 3.05) is 12.3 Å². The molecule has 0 fully saturated rings. The first-order valence-electron chi connectivity index (χ1n) is 5.83. The molecule has 0 aromatic heterocycles. The van der Waals surface area contributed by atoms with E-state index in [1.807, 2.05) is 0 Å². The zero-order valence-electron chi connectivity index (χ0n) is 11.3. The van der Waals surface area contributed by atoms with Crippen molar-refractivity contribution in [3.8, 4) is 0 Å². The summed E-state index contributed by atoms with van der Waals surface area (Å²) in [5.74, 6) is -0.696. The Labute approximate surface area is 113 Å². The molecule has 0 atom stereocenters. The monoisotopic (exact) mass is 285 g/mol. The Kier molecular flexibility index (Phi) is 4.54. The maximum atomic E-state index is 12.5. The van der Waals surface area contributed by atoms with E-state index >= 15 is 0 Å². The predicted octanol–water partition coefficient (Wildman–Crippen LogP) is 0.462. The van der Waals surface area contributed by atoms with Crippen LogP contribution in [0.3, 0.4) is 0 Å². The molecule has 1 amide bonds. The van der Waals surface area contributed by atoms with Gasteiger partial charge in [0.05, 0.1) is 11.4 Å². The standard InChI is InChI=1S/C12H19N3O3S/c1-8(2)15(7-12(14)16)19(17,18)11-6-4-5-10(13)9(11)3/h4-6,8H,7,13H2,1-3H3,(H2,14,16). The maximum Gasteiger partial charge on any atom is 0.244 e. The minimum Gasteiger partial charge on any atom is -0.398 e. The highest BCUT2D eigenvalue weighted by Gasteiger charge is 2.29. The van der Waals surface area contributed by atoms with Gasteiger partial charge in [0.15, 0.2) is 0 Å². The Morgan fingerprint density at radius 2 is 1.95 bits per heavy atom. The molecular formula is C12H19N3O3S. The highest BCUT2D eigenvalue weighted by molar-refractivity contribution is 7.89. The zero-order chi connectivity index (χ0) is 14.8. The Morgan fingerprint density at radius 1 is 1.37 bits per heavy atom. The number of hydrogen-bond acceptors (Lipinski definition) is 4. The highest BCUT2D eigenvalue weighted by Crippen LogP contribution is 2.24. The molecule has 7 heteroatoms. The second kappa shape index (κ2) is 5.58. The van der Waals surface area contributed by atoms with E-state index in [0.717, 1.165) is 4.31 Å². The molecule has 0 aliphatic rings. The molecule has 0 aliphatic carbocycles. The van der Waals surface area contributed by atoms with Gasteiger partial charge in [-0.2, -0.15) is 4.31 Å². The highest BCUT2D eigenvalue weighted by atomic mass is 32.2. The molecule has 0 spiro atoms. The van der Waals surface area contributed by atoms with Crippen LogP contribution in [0, 0.1) is 6.92 Å². The molecule has 4 N–H and O–H groups in total. The van der Waals surface area contributed by atoms with Crippen LogP contribution in [0.2, 0.25) is 0 Å². The molecule has 0 radical (unpaired) electrons. The van der Waals surface area contributed by atoms with Crippen LogP contribution < -0.4 is 11.5 Å². The van der Waals surface area contributed by atoms with Crippen LogP contribution in [-0.4, -0.2) is 31.2 Å². The van der Waals surface area contributed by atoms with E-state index < -0.39 is 15.9 Å². The lowest BCUT2D eigenvalue weighted by Gasteiger charge is -2.25. The van der Waals surface area contributed by atoms with Crippen molar-refractivity contribution >= 4 is 21.6 Å². The molecule has 0 unspecified atom stereocenters. The average molecular weight is 285 g/mol.